The summed E-state index contributed by atoms with van der Waals surface area (Å²) < 4.78 is 0. The third-order valence-electron chi connectivity index (χ3n) is 2.65. The number of hydrogen-bond acceptors (Lipinski definition) is 3. The molecule has 0 aromatic rings. The summed E-state index contributed by atoms with van der Waals surface area (Å²) in [4.78, 5) is 13.0. The molecule has 2 atom stereocenters. The van der Waals surface area contributed by atoms with E-state index in [1.807, 2.05) is 11.8 Å². The number of rotatable bonds is 7. The minimum Gasteiger partial charge on any atom is -0.480 e. The van der Waals surface area contributed by atoms with E-state index in [0.717, 1.165) is 13.0 Å². The highest BCUT2D eigenvalue weighted by Gasteiger charge is 2.26. The fourth-order valence-corrected chi connectivity index (χ4v) is 1.66. The Labute approximate surface area is 86.1 Å². The van der Waals surface area contributed by atoms with Crippen molar-refractivity contribution in [2.24, 2.45) is 5.73 Å². The van der Waals surface area contributed by atoms with Crippen LogP contribution in [-0.2, 0) is 4.79 Å². The monoisotopic (exact) mass is 202 g/mol. The highest BCUT2D eigenvalue weighted by atomic mass is 16.4. The lowest BCUT2D eigenvalue weighted by Crippen LogP contribution is -2.46. The number of carboxylic acid groups (broad SMARTS) is 1. The molecule has 0 saturated carbocycles. The Kier molecular flexibility index (Phi) is 6.49. The molecule has 0 bridgehead atoms. The van der Waals surface area contributed by atoms with Crippen molar-refractivity contribution in [2.75, 3.05) is 13.1 Å². The molecule has 3 N–H and O–H groups in total. The number of likely N-dealkylation sites (N-methyl/N-ethyl adjacent to an activating group) is 1. The lowest BCUT2D eigenvalue weighted by atomic mass is 10.1. The lowest BCUT2D eigenvalue weighted by Gasteiger charge is -2.32. The standard InChI is InChI=1S/C10H22N2O2/c1-4-8(3)12(5-2)9(6-7-11)10(13)14/h8-9H,4-7,11H2,1-3H3,(H,13,14). The van der Waals surface area contributed by atoms with Gasteiger partial charge in [-0.25, -0.2) is 0 Å². The van der Waals surface area contributed by atoms with Crippen molar-refractivity contribution in [2.45, 2.75) is 45.7 Å². The van der Waals surface area contributed by atoms with Gasteiger partial charge in [0.25, 0.3) is 0 Å². The molecule has 0 aliphatic rings. The van der Waals surface area contributed by atoms with Gasteiger partial charge in [0, 0.05) is 6.04 Å². The normalized spacial score (nSPS) is 15.5. The van der Waals surface area contributed by atoms with Crippen molar-refractivity contribution in [1.82, 2.24) is 4.90 Å². The fourth-order valence-electron chi connectivity index (χ4n) is 1.66. The Bertz CT molecular complexity index is 174. The predicted octanol–water partition coefficient (Wildman–Crippen LogP) is 0.909. The zero-order valence-corrected chi connectivity index (χ0v) is 9.36. The van der Waals surface area contributed by atoms with Crippen LogP contribution in [-0.4, -0.2) is 41.1 Å². The molecular formula is C10H22N2O2. The van der Waals surface area contributed by atoms with Gasteiger partial charge in [-0.1, -0.05) is 13.8 Å². The van der Waals surface area contributed by atoms with Gasteiger partial charge in [-0.15, -0.1) is 0 Å². The molecule has 4 heteroatoms. The van der Waals surface area contributed by atoms with Crippen LogP contribution in [0.25, 0.3) is 0 Å². The lowest BCUT2D eigenvalue weighted by molar-refractivity contribution is -0.144. The molecular weight excluding hydrogens is 180 g/mol. The van der Waals surface area contributed by atoms with Gasteiger partial charge in [-0.3, -0.25) is 9.69 Å². The second-order valence-corrected chi connectivity index (χ2v) is 3.52. The Morgan fingerprint density at radius 2 is 2.07 bits per heavy atom. The zero-order chi connectivity index (χ0) is 11.1. The van der Waals surface area contributed by atoms with Gasteiger partial charge in [-0.05, 0) is 32.9 Å². The van der Waals surface area contributed by atoms with Crippen molar-refractivity contribution < 1.29 is 9.90 Å². The van der Waals surface area contributed by atoms with Crippen LogP contribution in [0.5, 0.6) is 0 Å². The zero-order valence-electron chi connectivity index (χ0n) is 9.36. The molecule has 4 nitrogen and oxygen atoms in total. The van der Waals surface area contributed by atoms with Gasteiger partial charge in [-0.2, -0.15) is 0 Å². The Morgan fingerprint density at radius 3 is 2.36 bits per heavy atom. The van der Waals surface area contributed by atoms with Crippen molar-refractivity contribution >= 4 is 5.97 Å². The molecule has 0 heterocycles. The molecule has 0 rings (SSSR count). The summed E-state index contributed by atoms with van der Waals surface area (Å²) in [5, 5.41) is 9.05. The third kappa shape index (κ3) is 3.64. The average molecular weight is 202 g/mol. The summed E-state index contributed by atoms with van der Waals surface area (Å²) in [5.41, 5.74) is 5.41. The van der Waals surface area contributed by atoms with E-state index in [1.54, 1.807) is 0 Å². The summed E-state index contributed by atoms with van der Waals surface area (Å²) >= 11 is 0. The quantitative estimate of drug-likeness (QED) is 0.644. The van der Waals surface area contributed by atoms with E-state index < -0.39 is 12.0 Å². The Balaban J connectivity index is 4.48. The predicted molar refractivity (Wildman–Crippen MR) is 57.2 cm³/mol. The van der Waals surface area contributed by atoms with Crippen molar-refractivity contribution in [3.8, 4) is 0 Å². The molecule has 84 valence electrons. The summed E-state index contributed by atoms with van der Waals surface area (Å²) in [6.45, 7) is 7.28. The molecule has 2 unspecified atom stereocenters. The third-order valence-corrected chi connectivity index (χ3v) is 2.65. The summed E-state index contributed by atoms with van der Waals surface area (Å²) in [7, 11) is 0. The van der Waals surface area contributed by atoms with Gasteiger partial charge in [0.15, 0.2) is 0 Å². The van der Waals surface area contributed by atoms with Crippen LogP contribution < -0.4 is 5.73 Å². The number of hydrogen-bond donors (Lipinski definition) is 2. The van der Waals surface area contributed by atoms with Gasteiger partial charge < -0.3 is 10.8 Å². The van der Waals surface area contributed by atoms with Gasteiger partial charge in [0.2, 0.25) is 0 Å². The smallest absolute Gasteiger partial charge is 0.320 e. The number of carbonyl (C=O) groups is 1. The first-order valence-corrected chi connectivity index (χ1v) is 5.27. The molecule has 0 saturated heterocycles. The maximum Gasteiger partial charge on any atom is 0.320 e. The number of carboxylic acids is 1. The van der Waals surface area contributed by atoms with Crippen molar-refractivity contribution in [1.29, 1.82) is 0 Å². The van der Waals surface area contributed by atoms with Crippen LogP contribution in [0.1, 0.15) is 33.6 Å². The molecule has 0 aliphatic carbocycles. The highest BCUT2D eigenvalue weighted by Crippen LogP contribution is 2.11. The van der Waals surface area contributed by atoms with Crippen LogP contribution in [0.2, 0.25) is 0 Å². The number of aliphatic carboxylic acids is 1. The van der Waals surface area contributed by atoms with E-state index >= 15 is 0 Å². The summed E-state index contributed by atoms with van der Waals surface area (Å²) in [5.74, 6) is -0.766. The minimum absolute atomic E-state index is 0.299. The van der Waals surface area contributed by atoms with Gasteiger partial charge in [0.05, 0.1) is 0 Å². The number of nitrogens with two attached hydrogens (primary N) is 1. The topological polar surface area (TPSA) is 66.6 Å². The minimum atomic E-state index is -0.766. The molecule has 14 heavy (non-hydrogen) atoms. The van der Waals surface area contributed by atoms with Gasteiger partial charge >= 0.3 is 5.97 Å². The second-order valence-electron chi connectivity index (χ2n) is 3.52. The summed E-state index contributed by atoms with van der Waals surface area (Å²) in [6.07, 6.45) is 1.48. The van der Waals surface area contributed by atoms with Crippen LogP contribution in [0.15, 0.2) is 0 Å². The second kappa shape index (κ2) is 6.79. The number of nitrogens with zero attached hydrogens (tertiary/aromatic N) is 1. The Hall–Kier alpha value is -0.610. The van der Waals surface area contributed by atoms with E-state index in [-0.39, 0.29) is 0 Å². The van der Waals surface area contributed by atoms with E-state index in [4.69, 9.17) is 10.8 Å². The fraction of sp³-hybridized carbons (Fsp3) is 0.900. The first-order valence-electron chi connectivity index (χ1n) is 5.27. The average Bonchev–Trinajstić information content (AvgIpc) is 2.16. The SMILES string of the molecule is CCC(C)N(CC)C(CCN)C(=O)O. The molecule has 0 amide bonds. The first kappa shape index (κ1) is 13.4. The molecule has 0 spiro atoms. The van der Waals surface area contributed by atoms with Crippen molar-refractivity contribution in [3.05, 3.63) is 0 Å². The highest BCUT2D eigenvalue weighted by molar-refractivity contribution is 5.73. The maximum absolute atomic E-state index is 11.0. The molecule has 0 radical (unpaired) electrons. The Morgan fingerprint density at radius 1 is 1.50 bits per heavy atom. The van der Waals surface area contributed by atoms with Crippen LogP contribution >= 0.6 is 0 Å². The van der Waals surface area contributed by atoms with Gasteiger partial charge in [0.1, 0.15) is 6.04 Å². The van der Waals surface area contributed by atoms with E-state index in [0.29, 0.717) is 19.0 Å². The van der Waals surface area contributed by atoms with Crippen LogP contribution in [0.3, 0.4) is 0 Å². The summed E-state index contributed by atoms with van der Waals surface area (Å²) in [6, 6.07) is -0.132. The molecule has 0 aromatic carbocycles. The van der Waals surface area contributed by atoms with E-state index in [2.05, 4.69) is 13.8 Å². The van der Waals surface area contributed by atoms with Crippen molar-refractivity contribution in [3.63, 3.8) is 0 Å². The molecule has 0 aromatic heterocycles. The maximum atomic E-state index is 11.0. The first-order chi connectivity index (χ1) is 6.58. The van der Waals surface area contributed by atoms with E-state index in [9.17, 15) is 4.79 Å². The molecule has 0 fully saturated rings. The van der Waals surface area contributed by atoms with E-state index in [1.165, 1.54) is 0 Å². The van der Waals surface area contributed by atoms with Crippen LogP contribution in [0.4, 0.5) is 0 Å². The largest absolute Gasteiger partial charge is 0.480 e. The van der Waals surface area contributed by atoms with Crippen LogP contribution in [0, 0.1) is 0 Å². The molecule has 0 aliphatic heterocycles.